The molecule has 0 aromatic carbocycles. The van der Waals surface area contributed by atoms with Gasteiger partial charge in [0, 0.05) is 18.3 Å². The topological polar surface area (TPSA) is 55.1 Å². The molecule has 0 radical (unpaired) electrons. The summed E-state index contributed by atoms with van der Waals surface area (Å²) in [7, 11) is 0. The van der Waals surface area contributed by atoms with Gasteiger partial charge in [-0.1, -0.05) is 6.92 Å². The lowest BCUT2D eigenvalue weighted by Crippen LogP contribution is -2.03. The lowest BCUT2D eigenvalue weighted by Gasteiger charge is -2.05. The SMILES string of the molecule is CCCn1nccc1-c1ccsc1C(=O)O. The summed E-state index contributed by atoms with van der Waals surface area (Å²) in [6.07, 6.45) is 2.68. The molecule has 0 amide bonds. The van der Waals surface area contributed by atoms with Crippen molar-refractivity contribution in [2.45, 2.75) is 19.9 Å². The maximum atomic E-state index is 11.0. The van der Waals surface area contributed by atoms with Gasteiger partial charge in [0.25, 0.3) is 0 Å². The van der Waals surface area contributed by atoms with Crippen molar-refractivity contribution in [3.8, 4) is 11.3 Å². The van der Waals surface area contributed by atoms with Crippen molar-refractivity contribution in [2.24, 2.45) is 0 Å². The minimum absolute atomic E-state index is 0.373. The van der Waals surface area contributed by atoms with Crippen molar-refractivity contribution >= 4 is 17.3 Å². The Morgan fingerprint density at radius 3 is 3.06 bits per heavy atom. The molecule has 2 aromatic rings. The van der Waals surface area contributed by atoms with Crippen LogP contribution in [-0.4, -0.2) is 20.9 Å². The lowest BCUT2D eigenvalue weighted by atomic mass is 10.2. The van der Waals surface area contributed by atoms with Gasteiger partial charge in [-0.25, -0.2) is 4.79 Å². The van der Waals surface area contributed by atoms with E-state index >= 15 is 0 Å². The summed E-state index contributed by atoms with van der Waals surface area (Å²) in [5.74, 6) is -0.880. The van der Waals surface area contributed by atoms with E-state index in [0.29, 0.717) is 4.88 Å². The first-order valence-corrected chi connectivity index (χ1v) is 5.95. The second-order valence-corrected chi connectivity index (χ2v) is 4.32. The molecule has 2 aromatic heterocycles. The molecule has 2 heterocycles. The molecule has 2 rings (SSSR count). The summed E-state index contributed by atoms with van der Waals surface area (Å²) in [4.78, 5) is 11.4. The highest BCUT2D eigenvalue weighted by Crippen LogP contribution is 2.28. The van der Waals surface area contributed by atoms with Gasteiger partial charge in [-0.2, -0.15) is 5.10 Å². The summed E-state index contributed by atoms with van der Waals surface area (Å²) >= 11 is 1.24. The van der Waals surface area contributed by atoms with Gasteiger partial charge < -0.3 is 5.11 Å². The summed E-state index contributed by atoms with van der Waals surface area (Å²) < 4.78 is 1.84. The standard InChI is InChI=1S/C11H12N2O2S/c1-2-6-13-9(3-5-12-13)8-4-7-16-10(8)11(14)15/h3-5,7H,2,6H2,1H3,(H,14,15). The zero-order valence-electron chi connectivity index (χ0n) is 8.88. The fourth-order valence-electron chi connectivity index (χ4n) is 1.63. The second kappa shape index (κ2) is 4.49. The van der Waals surface area contributed by atoms with Crippen LogP contribution in [0.15, 0.2) is 23.7 Å². The molecular weight excluding hydrogens is 224 g/mol. The fraction of sp³-hybridized carbons (Fsp3) is 0.273. The maximum Gasteiger partial charge on any atom is 0.346 e. The molecule has 0 atom stereocenters. The van der Waals surface area contributed by atoms with Crippen LogP contribution in [0.5, 0.6) is 0 Å². The normalized spacial score (nSPS) is 10.6. The number of thiophene rings is 1. The first-order valence-electron chi connectivity index (χ1n) is 5.07. The molecule has 0 saturated heterocycles. The average Bonchev–Trinajstić information content (AvgIpc) is 2.83. The van der Waals surface area contributed by atoms with Crippen LogP contribution in [0.25, 0.3) is 11.3 Å². The highest BCUT2D eigenvalue weighted by Gasteiger charge is 2.15. The molecule has 4 nitrogen and oxygen atoms in total. The highest BCUT2D eigenvalue weighted by atomic mass is 32.1. The Bertz CT molecular complexity index is 502. The highest BCUT2D eigenvalue weighted by molar-refractivity contribution is 7.12. The predicted octanol–water partition coefficient (Wildman–Crippen LogP) is 2.72. The van der Waals surface area contributed by atoms with E-state index in [0.717, 1.165) is 24.2 Å². The van der Waals surface area contributed by atoms with Crippen molar-refractivity contribution in [1.82, 2.24) is 9.78 Å². The van der Waals surface area contributed by atoms with Gasteiger partial charge in [0.15, 0.2) is 0 Å². The Balaban J connectivity index is 2.46. The van der Waals surface area contributed by atoms with E-state index in [9.17, 15) is 4.79 Å². The van der Waals surface area contributed by atoms with Crippen molar-refractivity contribution in [3.63, 3.8) is 0 Å². The quantitative estimate of drug-likeness (QED) is 0.888. The summed E-state index contributed by atoms with van der Waals surface area (Å²) in [6, 6.07) is 3.68. The number of carbonyl (C=O) groups is 1. The van der Waals surface area contributed by atoms with E-state index in [2.05, 4.69) is 12.0 Å². The van der Waals surface area contributed by atoms with E-state index in [1.54, 1.807) is 11.6 Å². The van der Waals surface area contributed by atoms with Gasteiger partial charge in [-0.15, -0.1) is 11.3 Å². The average molecular weight is 236 g/mol. The minimum atomic E-state index is -0.880. The zero-order chi connectivity index (χ0) is 11.5. The van der Waals surface area contributed by atoms with Gasteiger partial charge in [0.05, 0.1) is 5.69 Å². The van der Waals surface area contributed by atoms with E-state index < -0.39 is 5.97 Å². The third kappa shape index (κ3) is 1.86. The number of aromatic carboxylic acids is 1. The monoisotopic (exact) mass is 236 g/mol. The fourth-order valence-corrected chi connectivity index (χ4v) is 2.37. The molecule has 0 aliphatic carbocycles. The van der Waals surface area contributed by atoms with Gasteiger partial charge in [-0.3, -0.25) is 4.68 Å². The molecule has 0 aliphatic rings. The lowest BCUT2D eigenvalue weighted by molar-refractivity contribution is 0.0703. The Labute approximate surface area is 97.2 Å². The largest absolute Gasteiger partial charge is 0.477 e. The molecular formula is C11H12N2O2S. The smallest absolute Gasteiger partial charge is 0.346 e. The molecule has 84 valence electrons. The number of carboxylic acids is 1. The summed E-state index contributed by atoms with van der Waals surface area (Å²) in [5, 5.41) is 15.0. The number of nitrogens with zero attached hydrogens (tertiary/aromatic N) is 2. The molecule has 0 fully saturated rings. The van der Waals surface area contributed by atoms with Crippen LogP contribution < -0.4 is 0 Å². The Kier molecular flexibility index (Phi) is 3.05. The molecule has 16 heavy (non-hydrogen) atoms. The van der Waals surface area contributed by atoms with Gasteiger partial charge in [0.1, 0.15) is 4.88 Å². The van der Waals surface area contributed by atoms with Crippen molar-refractivity contribution in [3.05, 3.63) is 28.6 Å². The van der Waals surface area contributed by atoms with E-state index in [1.165, 1.54) is 11.3 Å². The van der Waals surface area contributed by atoms with Crippen LogP contribution in [-0.2, 0) is 6.54 Å². The Hall–Kier alpha value is -1.62. The van der Waals surface area contributed by atoms with Crippen LogP contribution in [0.1, 0.15) is 23.0 Å². The molecule has 0 aliphatic heterocycles. The number of hydrogen-bond donors (Lipinski definition) is 1. The Morgan fingerprint density at radius 1 is 1.56 bits per heavy atom. The van der Waals surface area contributed by atoms with Gasteiger partial charge in [-0.05, 0) is 23.9 Å². The van der Waals surface area contributed by atoms with E-state index in [1.807, 2.05) is 16.8 Å². The second-order valence-electron chi connectivity index (χ2n) is 3.41. The number of rotatable bonds is 4. The van der Waals surface area contributed by atoms with Crippen molar-refractivity contribution in [2.75, 3.05) is 0 Å². The number of aromatic nitrogens is 2. The van der Waals surface area contributed by atoms with Crippen LogP contribution >= 0.6 is 11.3 Å². The molecule has 5 heteroatoms. The molecule has 0 spiro atoms. The summed E-state index contributed by atoms with van der Waals surface area (Å²) in [6.45, 7) is 2.87. The number of aryl methyl sites for hydroxylation is 1. The molecule has 0 saturated carbocycles. The van der Waals surface area contributed by atoms with Crippen LogP contribution in [0.3, 0.4) is 0 Å². The Morgan fingerprint density at radius 2 is 2.38 bits per heavy atom. The molecule has 1 N–H and O–H groups in total. The van der Waals surface area contributed by atoms with E-state index in [-0.39, 0.29) is 0 Å². The summed E-state index contributed by atoms with van der Waals surface area (Å²) in [5.41, 5.74) is 1.63. The maximum absolute atomic E-state index is 11.0. The van der Waals surface area contributed by atoms with Crippen molar-refractivity contribution < 1.29 is 9.90 Å². The number of carboxylic acid groups (broad SMARTS) is 1. The number of hydrogen-bond acceptors (Lipinski definition) is 3. The van der Waals surface area contributed by atoms with Crippen LogP contribution in [0.2, 0.25) is 0 Å². The van der Waals surface area contributed by atoms with Gasteiger partial charge >= 0.3 is 5.97 Å². The van der Waals surface area contributed by atoms with Crippen molar-refractivity contribution in [1.29, 1.82) is 0 Å². The minimum Gasteiger partial charge on any atom is -0.477 e. The van der Waals surface area contributed by atoms with Crippen LogP contribution in [0.4, 0.5) is 0 Å². The predicted molar refractivity (Wildman–Crippen MR) is 62.8 cm³/mol. The van der Waals surface area contributed by atoms with Gasteiger partial charge in [0.2, 0.25) is 0 Å². The third-order valence-corrected chi connectivity index (χ3v) is 3.19. The molecule has 0 unspecified atom stereocenters. The third-order valence-electron chi connectivity index (χ3n) is 2.29. The first kappa shape index (κ1) is 10.9. The van der Waals surface area contributed by atoms with E-state index in [4.69, 9.17) is 5.11 Å². The zero-order valence-corrected chi connectivity index (χ0v) is 9.70. The van der Waals surface area contributed by atoms with Crippen LogP contribution in [0, 0.1) is 0 Å². The molecule has 0 bridgehead atoms. The first-order chi connectivity index (χ1) is 7.74.